The second kappa shape index (κ2) is 12.1. The molecule has 4 amide bonds. The monoisotopic (exact) mass is 518 g/mol. The molecule has 36 heavy (non-hydrogen) atoms. The van der Waals surface area contributed by atoms with Crippen LogP contribution in [0.2, 0.25) is 0 Å². The number of hydrogen-bond acceptors (Lipinski definition) is 7. The minimum Gasteiger partial charge on any atom is -0.472 e. The number of nitrogens with two attached hydrogens (primary N) is 1. The number of unbranched alkanes of at least 4 members (excludes halogenated alkanes) is 1. The van der Waals surface area contributed by atoms with Crippen LogP contribution in [0.5, 0.6) is 5.88 Å². The van der Waals surface area contributed by atoms with Gasteiger partial charge in [-0.25, -0.2) is 9.18 Å². The Bertz CT molecular complexity index is 1100. The predicted molar refractivity (Wildman–Crippen MR) is 134 cm³/mol. The lowest BCUT2D eigenvalue weighted by Crippen LogP contribution is -2.30. The van der Waals surface area contributed by atoms with Crippen molar-refractivity contribution >= 4 is 34.4 Å². The third-order valence-electron chi connectivity index (χ3n) is 6.08. The van der Waals surface area contributed by atoms with Crippen LogP contribution in [0.15, 0.2) is 18.2 Å². The maximum absolute atomic E-state index is 14.1. The molecule has 2 aromatic rings. The van der Waals surface area contributed by atoms with E-state index in [4.69, 9.17) is 10.5 Å². The Hall–Kier alpha value is -3.25. The normalized spacial score (nSPS) is 15.5. The molecule has 2 aliphatic rings. The molecule has 0 radical (unpaired) electrons. The van der Waals surface area contributed by atoms with E-state index in [0.717, 1.165) is 56.9 Å². The maximum Gasteiger partial charge on any atom is 0.319 e. The summed E-state index contributed by atoms with van der Waals surface area (Å²) in [7, 11) is 0. The first-order valence-electron chi connectivity index (χ1n) is 12.2. The van der Waals surface area contributed by atoms with Crippen LogP contribution >= 0.6 is 11.5 Å². The summed E-state index contributed by atoms with van der Waals surface area (Å²) in [5, 5.41) is 8.31. The Kier molecular flexibility index (Phi) is 8.70. The number of carbonyl (C=O) groups is 3. The number of amides is 4. The summed E-state index contributed by atoms with van der Waals surface area (Å²) in [4.78, 5) is 39.0. The van der Waals surface area contributed by atoms with Crippen LogP contribution in [-0.4, -0.2) is 59.3 Å². The molecule has 194 valence electrons. The minimum absolute atomic E-state index is 0.0401. The van der Waals surface area contributed by atoms with Gasteiger partial charge in [-0.05, 0) is 87.4 Å². The van der Waals surface area contributed by atoms with E-state index >= 15 is 0 Å². The second-order valence-electron chi connectivity index (χ2n) is 9.04. The average molecular weight is 519 g/mol. The number of carbonyl (C=O) groups excluding carboxylic acids is 3. The van der Waals surface area contributed by atoms with Gasteiger partial charge in [-0.15, -0.1) is 0 Å². The van der Waals surface area contributed by atoms with Crippen molar-refractivity contribution < 1.29 is 23.5 Å². The van der Waals surface area contributed by atoms with Crippen LogP contribution in [0.3, 0.4) is 0 Å². The average Bonchev–Trinajstić information content (AvgIpc) is 3.33. The number of aromatic nitrogens is 1. The second-order valence-corrected chi connectivity index (χ2v) is 9.82. The molecule has 1 aliphatic carbocycles. The Morgan fingerprint density at radius 3 is 2.69 bits per heavy atom. The third kappa shape index (κ3) is 7.14. The van der Waals surface area contributed by atoms with Gasteiger partial charge in [-0.1, -0.05) is 6.07 Å². The van der Waals surface area contributed by atoms with Crippen molar-refractivity contribution in [1.82, 2.24) is 19.9 Å². The van der Waals surface area contributed by atoms with E-state index in [1.54, 1.807) is 0 Å². The van der Waals surface area contributed by atoms with Crippen LogP contribution in [0.25, 0.3) is 0 Å². The molecule has 1 aromatic carbocycles. The van der Waals surface area contributed by atoms with Crippen molar-refractivity contribution in [2.24, 2.45) is 5.73 Å². The highest BCUT2D eigenvalue weighted by molar-refractivity contribution is 7.11. The number of rotatable bonds is 12. The van der Waals surface area contributed by atoms with Gasteiger partial charge in [0.1, 0.15) is 23.0 Å². The topological polar surface area (TPSA) is 139 Å². The van der Waals surface area contributed by atoms with Gasteiger partial charge in [0.15, 0.2) is 0 Å². The van der Waals surface area contributed by atoms with Gasteiger partial charge in [-0.3, -0.25) is 14.9 Å². The first-order chi connectivity index (χ1) is 17.4. The Balaban J connectivity index is 1.29. The van der Waals surface area contributed by atoms with Crippen molar-refractivity contribution in [2.45, 2.75) is 51.2 Å². The minimum atomic E-state index is -0.803. The molecule has 0 unspecified atom stereocenters. The van der Waals surface area contributed by atoms with E-state index in [1.807, 2.05) is 0 Å². The molecule has 5 N–H and O–H groups in total. The van der Waals surface area contributed by atoms with Crippen LogP contribution in [0.4, 0.5) is 14.2 Å². The number of nitrogens with zero attached hydrogens (tertiary/aromatic N) is 2. The fourth-order valence-electron chi connectivity index (χ4n) is 3.97. The quantitative estimate of drug-likeness (QED) is 0.319. The zero-order valence-corrected chi connectivity index (χ0v) is 20.8. The van der Waals surface area contributed by atoms with Gasteiger partial charge in [-0.2, -0.15) is 4.37 Å². The summed E-state index contributed by atoms with van der Waals surface area (Å²) in [5.41, 5.74) is 5.91. The van der Waals surface area contributed by atoms with Crippen LogP contribution < -0.4 is 26.4 Å². The van der Waals surface area contributed by atoms with E-state index in [9.17, 15) is 18.8 Å². The number of urea groups is 1. The first-order valence-corrected chi connectivity index (χ1v) is 13.0. The molecule has 10 nitrogen and oxygen atoms in total. The van der Waals surface area contributed by atoms with Gasteiger partial charge in [0, 0.05) is 12.6 Å². The lowest BCUT2D eigenvalue weighted by Gasteiger charge is -2.14. The Morgan fingerprint density at radius 1 is 1.19 bits per heavy atom. The summed E-state index contributed by atoms with van der Waals surface area (Å²) in [6, 6.07) is 3.72. The molecular weight excluding hydrogens is 487 g/mol. The number of benzene rings is 1. The smallest absolute Gasteiger partial charge is 0.319 e. The van der Waals surface area contributed by atoms with Crippen molar-refractivity contribution in [3.05, 3.63) is 40.7 Å². The third-order valence-corrected chi connectivity index (χ3v) is 6.83. The van der Waals surface area contributed by atoms with E-state index in [-0.39, 0.29) is 34.7 Å². The molecule has 0 atom stereocenters. The molecule has 0 spiro atoms. The molecule has 1 aliphatic heterocycles. The van der Waals surface area contributed by atoms with Crippen LogP contribution in [0, 0.1) is 5.82 Å². The van der Waals surface area contributed by atoms with E-state index in [1.165, 1.54) is 31.0 Å². The number of primary amides is 1. The Morgan fingerprint density at radius 2 is 1.97 bits per heavy atom. The van der Waals surface area contributed by atoms with Crippen molar-refractivity contribution in [3.8, 4) is 5.88 Å². The van der Waals surface area contributed by atoms with Crippen LogP contribution in [-0.2, 0) is 6.61 Å². The fraction of sp³-hybridized carbons (Fsp3) is 0.500. The number of hydrogen-bond donors (Lipinski definition) is 4. The highest BCUT2D eigenvalue weighted by Crippen LogP contribution is 2.31. The summed E-state index contributed by atoms with van der Waals surface area (Å²) < 4.78 is 23.9. The highest BCUT2D eigenvalue weighted by atomic mass is 32.1. The van der Waals surface area contributed by atoms with Crippen molar-refractivity contribution in [1.29, 1.82) is 0 Å². The molecule has 0 bridgehead atoms. The maximum atomic E-state index is 14.1. The SMILES string of the molecule is NC(=O)c1c(OCc2ccc(F)c(C(=O)NC3CC3)c2)nsc1NC(=O)NCCCCN1CCCC1. The van der Waals surface area contributed by atoms with Gasteiger partial charge in [0.2, 0.25) is 5.88 Å². The lowest BCUT2D eigenvalue weighted by molar-refractivity contribution is 0.0945. The molecule has 12 heteroatoms. The summed E-state index contributed by atoms with van der Waals surface area (Å²) in [5.74, 6) is -1.95. The molecule has 1 saturated heterocycles. The van der Waals surface area contributed by atoms with Crippen molar-refractivity contribution in [3.63, 3.8) is 0 Å². The predicted octanol–water partition coefficient (Wildman–Crippen LogP) is 2.85. The molecule has 1 saturated carbocycles. The molecule has 2 heterocycles. The number of nitrogens with one attached hydrogen (secondary N) is 3. The lowest BCUT2D eigenvalue weighted by atomic mass is 10.1. The van der Waals surface area contributed by atoms with Gasteiger partial charge in [0.05, 0.1) is 5.56 Å². The fourth-order valence-corrected chi connectivity index (χ4v) is 4.71. The van der Waals surface area contributed by atoms with Gasteiger partial charge in [0.25, 0.3) is 11.8 Å². The summed E-state index contributed by atoms with van der Waals surface area (Å²) in [6.45, 7) is 3.77. The van der Waals surface area contributed by atoms with Gasteiger partial charge >= 0.3 is 6.03 Å². The van der Waals surface area contributed by atoms with Crippen LogP contribution in [0.1, 0.15) is 64.8 Å². The molecule has 2 fully saturated rings. The first kappa shape index (κ1) is 25.8. The van der Waals surface area contributed by atoms with Gasteiger partial charge < -0.3 is 26.0 Å². The zero-order valence-electron chi connectivity index (χ0n) is 20.0. The van der Waals surface area contributed by atoms with E-state index < -0.39 is 23.7 Å². The number of halogens is 1. The standard InChI is InChI=1S/C24H31FN6O4S/c25-18-8-5-15(13-17(18)21(33)28-16-6-7-16)14-35-22-19(20(26)32)23(36-30-22)29-24(34)27-9-1-2-10-31-11-3-4-12-31/h5,8,13,16H,1-4,6-7,9-12,14H2,(H2,26,32)(H,28,33)(H2,27,29,34). The Labute approximate surface area is 212 Å². The number of ether oxygens (including phenoxy) is 1. The summed E-state index contributed by atoms with van der Waals surface area (Å²) >= 11 is 0.874. The summed E-state index contributed by atoms with van der Waals surface area (Å²) in [6.07, 6.45) is 6.14. The number of anilines is 1. The van der Waals surface area contributed by atoms with Crippen molar-refractivity contribution in [2.75, 3.05) is 31.5 Å². The van der Waals surface area contributed by atoms with E-state index in [2.05, 4.69) is 25.2 Å². The molecule has 1 aromatic heterocycles. The highest BCUT2D eigenvalue weighted by Gasteiger charge is 2.26. The molecule has 4 rings (SSSR count). The number of likely N-dealkylation sites (tertiary alicyclic amines) is 1. The van der Waals surface area contributed by atoms with E-state index in [0.29, 0.717) is 12.1 Å². The zero-order chi connectivity index (χ0) is 25.5. The molecular formula is C24H31FN6O4S. The largest absolute Gasteiger partial charge is 0.472 e.